The lowest BCUT2D eigenvalue weighted by molar-refractivity contribution is -0.150. The first-order chi connectivity index (χ1) is 14.6. The van der Waals surface area contributed by atoms with E-state index in [1.165, 1.54) is 18.4 Å². The number of nitrogens with zero attached hydrogens (tertiary/aromatic N) is 2. The molecule has 0 saturated heterocycles. The van der Waals surface area contributed by atoms with Gasteiger partial charge in [0, 0.05) is 23.5 Å². The van der Waals surface area contributed by atoms with Gasteiger partial charge in [-0.05, 0) is 49.9 Å². The average Bonchev–Trinajstić information content (AvgIpc) is 2.79. The topological polar surface area (TPSA) is 61.3 Å². The third-order valence-corrected chi connectivity index (χ3v) is 4.80. The molecule has 3 aromatic rings. The van der Waals surface area contributed by atoms with Gasteiger partial charge in [-0.25, -0.2) is 14.8 Å². The highest BCUT2D eigenvalue weighted by Crippen LogP contribution is 2.24. The van der Waals surface area contributed by atoms with Crippen LogP contribution in [0.5, 0.6) is 5.75 Å². The van der Waals surface area contributed by atoms with Gasteiger partial charge in [0.15, 0.2) is 11.9 Å². The van der Waals surface area contributed by atoms with E-state index < -0.39 is 6.10 Å². The third-order valence-electron chi connectivity index (χ3n) is 4.80. The second-order valence-electron chi connectivity index (χ2n) is 7.13. The predicted molar refractivity (Wildman–Crippen MR) is 118 cm³/mol. The Balaban J connectivity index is 1.65. The zero-order chi connectivity index (χ0) is 21.3. The molecule has 5 heteroatoms. The van der Waals surface area contributed by atoms with E-state index in [1.807, 2.05) is 36.7 Å². The van der Waals surface area contributed by atoms with E-state index in [9.17, 15) is 4.79 Å². The maximum atomic E-state index is 11.7. The Hall–Kier alpha value is -3.21. The van der Waals surface area contributed by atoms with E-state index in [0.717, 1.165) is 23.1 Å². The summed E-state index contributed by atoms with van der Waals surface area (Å²) in [6.07, 6.45) is 6.51. The Morgan fingerprint density at radius 1 is 0.900 bits per heavy atom. The number of hydrogen-bond acceptors (Lipinski definition) is 5. The van der Waals surface area contributed by atoms with Gasteiger partial charge in [0.1, 0.15) is 5.75 Å². The Labute approximate surface area is 178 Å². The largest absolute Gasteiger partial charge is 0.479 e. The van der Waals surface area contributed by atoms with Gasteiger partial charge in [0.25, 0.3) is 0 Å². The number of aromatic nitrogens is 2. The van der Waals surface area contributed by atoms with E-state index >= 15 is 0 Å². The van der Waals surface area contributed by atoms with Crippen molar-refractivity contribution < 1.29 is 14.3 Å². The molecule has 1 heterocycles. The van der Waals surface area contributed by atoms with Crippen molar-refractivity contribution in [1.82, 2.24) is 9.97 Å². The first-order valence-corrected chi connectivity index (χ1v) is 10.5. The maximum absolute atomic E-state index is 11.7. The molecule has 1 unspecified atom stereocenters. The number of aryl methyl sites for hydroxylation is 1. The lowest BCUT2D eigenvalue weighted by Gasteiger charge is -2.13. The van der Waals surface area contributed by atoms with Crippen molar-refractivity contribution in [2.75, 3.05) is 6.61 Å². The van der Waals surface area contributed by atoms with Crippen molar-refractivity contribution in [3.63, 3.8) is 0 Å². The maximum Gasteiger partial charge on any atom is 0.347 e. The number of benzene rings is 2. The minimum absolute atomic E-state index is 0.338. The van der Waals surface area contributed by atoms with Crippen molar-refractivity contribution in [3.05, 3.63) is 66.5 Å². The molecule has 0 fully saturated rings. The van der Waals surface area contributed by atoms with Gasteiger partial charge in [-0.3, -0.25) is 0 Å². The first-order valence-electron chi connectivity index (χ1n) is 10.5. The summed E-state index contributed by atoms with van der Waals surface area (Å²) in [5, 5.41) is 0. The van der Waals surface area contributed by atoms with Gasteiger partial charge in [-0.15, -0.1) is 0 Å². The molecule has 0 bridgehead atoms. The van der Waals surface area contributed by atoms with E-state index in [0.29, 0.717) is 18.2 Å². The van der Waals surface area contributed by atoms with Gasteiger partial charge >= 0.3 is 5.97 Å². The molecule has 0 aliphatic rings. The zero-order valence-electron chi connectivity index (χ0n) is 17.8. The monoisotopic (exact) mass is 404 g/mol. The van der Waals surface area contributed by atoms with Crippen molar-refractivity contribution in [2.24, 2.45) is 0 Å². The standard InChI is InChI=1S/C25H28N2O3/c1-4-6-7-19-8-10-21(11-9-19)24-26-16-22(17-27-24)20-12-14-23(15-13-20)30-18(3)25(28)29-5-2/h8-18H,4-7H2,1-3H3. The quantitative estimate of drug-likeness (QED) is 0.442. The fourth-order valence-corrected chi connectivity index (χ4v) is 3.07. The summed E-state index contributed by atoms with van der Waals surface area (Å²) < 4.78 is 10.6. The molecule has 1 atom stereocenters. The summed E-state index contributed by atoms with van der Waals surface area (Å²) in [5.41, 5.74) is 4.26. The Morgan fingerprint density at radius 3 is 2.13 bits per heavy atom. The second kappa shape index (κ2) is 10.5. The van der Waals surface area contributed by atoms with Crippen LogP contribution in [0.2, 0.25) is 0 Å². The van der Waals surface area contributed by atoms with Crippen LogP contribution in [0.25, 0.3) is 22.5 Å². The van der Waals surface area contributed by atoms with Crippen LogP contribution in [-0.4, -0.2) is 28.6 Å². The SMILES string of the molecule is CCCCc1ccc(-c2ncc(-c3ccc(OC(C)C(=O)OCC)cc3)cn2)cc1. The molecule has 0 N–H and O–H groups in total. The lowest BCUT2D eigenvalue weighted by atomic mass is 10.1. The number of esters is 1. The minimum Gasteiger partial charge on any atom is -0.479 e. The lowest BCUT2D eigenvalue weighted by Crippen LogP contribution is -2.25. The van der Waals surface area contributed by atoms with Crippen LogP contribution >= 0.6 is 0 Å². The van der Waals surface area contributed by atoms with Crippen molar-refractivity contribution >= 4 is 5.97 Å². The molecule has 5 nitrogen and oxygen atoms in total. The second-order valence-corrected chi connectivity index (χ2v) is 7.13. The molecule has 0 spiro atoms. The summed E-state index contributed by atoms with van der Waals surface area (Å²) in [5.74, 6) is 0.952. The molecular formula is C25H28N2O3. The van der Waals surface area contributed by atoms with Crippen LogP contribution in [0.1, 0.15) is 39.2 Å². The Kier molecular flexibility index (Phi) is 7.55. The van der Waals surface area contributed by atoms with E-state index in [2.05, 4.69) is 41.2 Å². The summed E-state index contributed by atoms with van der Waals surface area (Å²) in [6.45, 7) is 5.99. The van der Waals surface area contributed by atoms with E-state index in [4.69, 9.17) is 9.47 Å². The van der Waals surface area contributed by atoms with E-state index in [1.54, 1.807) is 13.8 Å². The number of carbonyl (C=O) groups is 1. The summed E-state index contributed by atoms with van der Waals surface area (Å²) >= 11 is 0. The highest BCUT2D eigenvalue weighted by Gasteiger charge is 2.15. The molecule has 2 aromatic carbocycles. The molecule has 0 saturated carbocycles. The van der Waals surface area contributed by atoms with Crippen molar-refractivity contribution in [2.45, 2.75) is 46.1 Å². The van der Waals surface area contributed by atoms with Crippen molar-refractivity contribution in [3.8, 4) is 28.3 Å². The smallest absolute Gasteiger partial charge is 0.347 e. The average molecular weight is 405 g/mol. The number of rotatable bonds is 9. The van der Waals surface area contributed by atoms with Gasteiger partial charge in [0.05, 0.1) is 6.61 Å². The fraction of sp³-hybridized carbons (Fsp3) is 0.320. The van der Waals surface area contributed by atoms with Crippen LogP contribution in [0, 0.1) is 0 Å². The number of unbranched alkanes of at least 4 members (excludes halogenated alkanes) is 1. The van der Waals surface area contributed by atoms with Crippen molar-refractivity contribution in [1.29, 1.82) is 0 Å². The van der Waals surface area contributed by atoms with Crippen LogP contribution in [0.3, 0.4) is 0 Å². The van der Waals surface area contributed by atoms with Gasteiger partial charge in [0.2, 0.25) is 0 Å². The van der Waals surface area contributed by atoms with Gasteiger partial charge < -0.3 is 9.47 Å². The number of carbonyl (C=O) groups excluding carboxylic acids is 1. The number of ether oxygens (including phenoxy) is 2. The normalized spacial score (nSPS) is 11.7. The fourth-order valence-electron chi connectivity index (χ4n) is 3.07. The van der Waals surface area contributed by atoms with Crippen LogP contribution < -0.4 is 4.74 Å². The molecule has 0 aliphatic carbocycles. The van der Waals surface area contributed by atoms with Crippen LogP contribution in [-0.2, 0) is 16.0 Å². The number of hydrogen-bond donors (Lipinski definition) is 0. The summed E-state index contributed by atoms with van der Waals surface area (Å²) in [6, 6.07) is 16.0. The van der Waals surface area contributed by atoms with Gasteiger partial charge in [-0.2, -0.15) is 0 Å². The molecule has 0 aliphatic heterocycles. The van der Waals surface area contributed by atoms with Crippen LogP contribution in [0.4, 0.5) is 0 Å². The Bertz CT molecular complexity index is 936. The Morgan fingerprint density at radius 2 is 1.53 bits per heavy atom. The zero-order valence-corrected chi connectivity index (χ0v) is 17.8. The molecular weight excluding hydrogens is 376 g/mol. The highest BCUT2D eigenvalue weighted by atomic mass is 16.6. The third kappa shape index (κ3) is 5.66. The molecule has 0 radical (unpaired) electrons. The first kappa shape index (κ1) is 21.5. The van der Waals surface area contributed by atoms with Crippen LogP contribution in [0.15, 0.2) is 60.9 Å². The molecule has 156 valence electrons. The highest BCUT2D eigenvalue weighted by molar-refractivity contribution is 5.74. The molecule has 30 heavy (non-hydrogen) atoms. The molecule has 0 amide bonds. The molecule has 1 aromatic heterocycles. The molecule has 3 rings (SSSR count). The minimum atomic E-state index is -0.647. The summed E-state index contributed by atoms with van der Waals surface area (Å²) in [4.78, 5) is 20.7. The van der Waals surface area contributed by atoms with E-state index in [-0.39, 0.29) is 5.97 Å². The summed E-state index contributed by atoms with van der Waals surface area (Å²) in [7, 11) is 0. The van der Waals surface area contributed by atoms with Gasteiger partial charge in [-0.1, -0.05) is 49.7 Å². The predicted octanol–water partition coefficient (Wildman–Crippen LogP) is 5.48.